The molecule has 2 aliphatic rings. The molecule has 1 fully saturated rings. The van der Waals surface area contributed by atoms with Crippen LogP contribution in [-0.4, -0.2) is 16.3 Å². The Morgan fingerprint density at radius 3 is 2.53 bits per heavy atom. The molecule has 3 rings (SSSR count). The van der Waals surface area contributed by atoms with Crippen molar-refractivity contribution in [1.29, 1.82) is 0 Å². The zero-order valence-electron chi connectivity index (χ0n) is 9.32. The highest BCUT2D eigenvalue weighted by Gasteiger charge is 2.52. The number of halogens is 1. The first kappa shape index (κ1) is 10.9. The van der Waals surface area contributed by atoms with E-state index in [0.717, 1.165) is 35.8 Å². The molecule has 0 atom stereocenters. The molecule has 1 N–H and O–H groups in total. The van der Waals surface area contributed by atoms with Crippen molar-refractivity contribution >= 4 is 27.5 Å². The largest absolute Gasteiger partial charge is 0.311 e. The van der Waals surface area contributed by atoms with Gasteiger partial charge >= 0.3 is 5.91 Å². The second-order valence-corrected chi connectivity index (χ2v) is 5.48. The van der Waals surface area contributed by atoms with Crippen LogP contribution in [0.3, 0.4) is 0 Å². The Morgan fingerprint density at radius 1 is 1.24 bits per heavy atom. The van der Waals surface area contributed by atoms with E-state index < -0.39 is 5.54 Å². The van der Waals surface area contributed by atoms with Crippen molar-refractivity contribution in [2.45, 2.75) is 31.2 Å². The molecular weight excluding hydrogens is 282 g/mol. The van der Waals surface area contributed by atoms with Gasteiger partial charge in [-0.3, -0.25) is 4.79 Å². The van der Waals surface area contributed by atoms with Gasteiger partial charge in [-0.05, 0) is 25.0 Å². The smallest absolute Gasteiger partial charge is 0.266 e. The molecule has 0 unspecified atom stereocenters. The van der Waals surface area contributed by atoms with Crippen molar-refractivity contribution in [2.24, 2.45) is 5.11 Å². The maximum absolute atomic E-state index is 12.0. The number of hydrazine groups is 1. The van der Waals surface area contributed by atoms with Gasteiger partial charge in [0.25, 0.3) is 5.69 Å². The number of hydrogen-bond acceptors (Lipinski definition) is 2. The minimum Gasteiger partial charge on any atom is -0.266 e. The van der Waals surface area contributed by atoms with E-state index in [0.29, 0.717) is 0 Å². The highest BCUT2D eigenvalue weighted by atomic mass is 79.9. The van der Waals surface area contributed by atoms with Gasteiger partial charge in [0, 0.05) is 26.5 Å². The van der Waals surface area contributed by atoms with Gasteiger partial charge in [0.1, 0.15) is 0 Å². The van der Waals surface area contributed by atoms with Crippen LogP contribution >= 0.6 is 15.9 Å². The molecule has 17 heavy (non-hydrogen) atoms. The fourth-order valence-electron chi connectivity index (χ4n) is 2.45. The van der Waals surface area contributed by atoms with Crippen LogP contribution < -0.4 is 5.43 Å². The molecule has 1 aromatic carbocycles. The van der Waals surface area contributed by atoms with Gasteiger partial charge in [-0.1, -0.05) is 34.2 Å². The number of benzene rings is 1. The summed E-state index contributed by atoms with van der Waals surface area (Å²) in [5.41, 5.74) is 3.24. The topological polar surface area (TPSA) is 44.5 Å². The number of hydrogen-bond donors (Lipinski definition) is 1. The summed E-state index contributed by atoms with van der Waals surface area (Å²) in [6.07, 6.45) is 3.91. The Balaban J connectivity index is 1.95. The van der Waals surface area contributed by atoms with Gasteiger partial charge in [-0.2, -0.15) is 0 Å². The predicted molar refractivity (Wildman–Crippen MR) is 65.8 cm³/mol. The van der Waals surface area contributed by atoms with Gasteiger partial charge in [0.05, 0.1) is 0 Å². The molecule has 1 spiro atoms. The maximum atomic E-state index is 12.0. The van der Waals surface area contributed by atoms with Crippen molar-refractivity contribution in [3.8, 4) is 0 Å². The summed E-state index contributed by atoms with van der Waals surface area (Å²) < 4.78 is 1.02. The molecule has 88 valence electrons. The molecule has 1 saturated carbocycles. The summed E-state index contributed by atoms with van der Waals surface area (Å²) in [4.78, 5) is 13.6. The molecular formula is C12H13BrN3O+. The van der Waals surface area contributed by atoms with Crippen LogP contribution in [0.2, 0.25) is 0 Å². The van der Waals surface area contributed by atoms with Crippen molar-refractivity contribution in [1.82, 2.24) is 5.43 Å². The predicted octanol–water partition coefficient (Wildman–Crippen LogP) is 2.90. The Morgan fingerprint density at radius 2 is 1.88 bits per heavy atom. The van der Waals surface area contributed by atoms with E-state index >= 15 is 0 Å². The number of amides is 1. The van der Waals surface area contributed by atoms with Crippen LogP contribution in [0.15, 0.2) is 33.9 Å². The van der Waals surface area contributed by atoms with Crippen LogP contribution in [0.1, 0.15) is 25.7 Å². The molecule has 1 heterocycles. The molecule has 1 amide bonds. The lowest BCUT2D eigenvalue weighted by Crippen LogP contribution is -2.37. The molecule has 0 radical (unpaired) electrons. The van der Waals surface area contributed by atoms with Crippen molar-refractivity contribution < 1.29 is 9.60 Å². The second kappa shape index (κ2) is 3.91. The van der Waals surface area contributed by atoms with Crippen molar-refractivity contribution in [3.63, 3.8) is 0 Å². The zero-order chi connectivity index (χ0) is 11.9. The molecule has 0 bridgehead atoms. The summed E-state index contributed by atoms with van der Waals surface area (Å²) in [6, 6.07) is 7.75. The molecule has 0 saturated heterocycles. The quantitative estimate of drug-likeness (QED) is 0.795. The summed E-state index contributed by atoms with van der Waals surface area (Å²) in [6.45, 7) is 0. The standard InChI is InChI=1S/C12H12BrN3O/c13-9-3-5-10(6-4-9)16-14-11(17)12(15-16)7-1-2-8-12/h3-6H,1-2,7-8H2/p+1. The lowest BCUT2D eigenvalue weighted by molar-refractivity contribution is -0.551. The van der Waals surface area contributed by atoms with Crippen LogP contribution in [0, 0.1) is 0 Å². The zero-order valence-corrected chi connectivity index (χ0v) is 10.9. The lowest BCUT2D eigenvalue weighted by Gasteiger charge is -2.06. The summed E-state index contributed by atoms with van der Waals surface area (Å²) in [5, 5.41) is 4.56. The van der Waals surface area contributed by atoms with Gasteiger partial charge < -0.3 is 0 Å². The van der Waals surface area contributed by atoms with Gasteiger partial charge in [-0.15, -0.1) is 0 Å². The highest BCUT2D eigenvalue weighted by Crippen LogP contribution is 2.37. The molecule has 0 aromatic heterocycles. The first-order chi connectivity index (χ1) is 8.20. The van der Waals surface area contributed by atoms with E-state index in [1.54, 1.807) is 4.81 Å². The number of azo groups is 1. The second-order valence-electron chi connectivity index (χ2n) is 4.57. The van der Waals surface area contributed by atoms with E-state index in [4.69, 9.17) is 0 Å². The Bertz CT molecular complexity index is 489. The Labute approximate surface area is 108 Å². The number of rotatable bonds is 1. The van der Waals surface area contributed by atoms with Crippen molar-refractivity contribution in [3.05, 3.63) is 28.7 Å². The first-order valence-corrected chi connectivity index (χ1v) is 6.59. The highest BCUT2D eigenvalue weighted by molar-refractivity contribution is 9.10. The van der Waals surface area contributed by atoms with Gasteiger partial charge in [0.15, 0.2) is 0 Å². The Hall–Kier alpha value is -1.23. The van der Waals surface area contributed by atoms with E-state index in [1.165, 1.54) is 0 Å². The first-order valence-electron chi connectivity index (χ1n) is 5.79. The molecule has 4 nitrogen and oxygen atoms in total. The normalized spacial score (nSPS) is 21.7. The SMILES string of the molecule is O=C1N[N+](c2ccc(Br)cc2)=NC12CCCC2. The van der Waals surface area contributed by atoms with Crippen LogP contribution in [0.5, 0.6) is 0 Å². The van der Waals surface area contributed by atoms with Crippen LogP contribution in [0.4, 0.5) is 5.69 Å². The number of nitrogens with zero attached hydrogens (tertiary/aromatic N) is 2. The fourth-order valence-corrected chi connectivity index (χ4v) is 2.72. The van der Waals surface area contributed by atoms with Crippen molar-refractivity contribution in [2.75, 3.05) is 0 Å². The molecule has 1 aliphatic heterocycles. The van der Waals surface area contributed by atoms with E-state index in [2.05, 4.69) is 26.5 Å². The van der Waals surface area contributed by atoms with Crippen LogP contribution in [-0.2, 0) is 4.79 Å². The number of carbonyl (C=O) groups is 1. The third-order valence-electron chi connectivity index (χ3n) is 3.42. The summed E-state index contributed by atoms with van der Waals surface area (Å²) >= 11 is 3.39. The van der Waals surface area contributed by atoms with Crippen LogP contribution in [0.25, 0.3) is 0 Å². The average molecular weight is 295 g/mol. The van der Waals surface area contributed by atoms with E-state index in [-0.39, 0.29) is 5.91 Å². The third kappa shape index (κ3) is 1.78. The number of nitrogens with one attached hydrogen (secondary N) is 1. The number of carbonyl (C=O) groups excluding carboxylic acids is 1. The minimum absolute atomic E-state index is 0.0397. The van der Waals surface area contributed by atoms with E-state index in [1.807, 2.05) is 24.3 Å². The monoisotopic (exact) mass is 294 g/mol. The molecule has 5 heteroatoms. The summed E-state index contributed by atoms with van der Waals surface area (Å²) in [7, 11) is 0. The van der Waals surface area contributed by atoms with E-state index in [9.17, 15) is 4.79 Å². The average Bonchev–Trinajstić information content (AvgIpc) is 2.90. The Kier molecular flexibility index (Phi) is 2.50. The molecule has 1 aromatic rings. The maximum Gasteiger partial charge on any atom is 0.311 e. The third-order valence-corrected chi connectivity index (χ3v) is 3.95. The fraction of sp³-hybridized carbons (Fsp3) is 0.417. The van der Waals surface area contributed by atoms with Gasteiger partial charge in [0.2, 0.25) is 5.54 Å². The van der Waals surface area contributed by atoms with Gasteiger partial charge in [-0.25, -0.2) is 0 Å². The summed E-state index contributed by atoms with van der Waals surface area (Å²) in [5.74, 6) is 0.0397. The minimum atomic E-state index is -0.493. The lowest BCUT2D eigenvalue weighted by atomic mass is 9.99. The molecule has 1 aliphatic carbocycles.